The van der Waals surface area contributed by atoms with E-state index in [2.05, 4.69) is 15.9 Å². The van der Waals surface area contributed by atoms with Crippen molar-refractivity contribution in [3.05, 3.63) is 21.7 Å². The molecule has 0 aromatic heterocycles. The number of carboxylic acids is 1. The molecule has 0 unspecified atom stereocenters. The summed E-state index contributed by atoms with van der Waals surface area (Å²) < 4.78 is 4.89. The first-order chi connectivity index (χ1) is 7.40. The largest absolute Gasteiger partial charge is 0.503 e. The first-order valence-corrected chi connectivity index (χ1v) is 5.03. The topological polar surface area (TPSA) is 83.8 Å². The highest BCUT2D eigenvalue weighted by Gasteiger charge is 2.24. The Labute approximate surface area is 99.8 Å². The fourth-order valence-corrected chi connectivity index (χ4v) is 1.97. The highest BCUT2D eigenvalue weighted by atomic mass is 79.9. The van der Waals surface area contributed by atoms with Crippen molar-refractivity contribution in [1.82, 2.24) is 0 Å². The van der Waals surface area contributed by atoms with Crippen LogP contribution in [0.25, 0.3) is 0 Å². The van der Waals surface area contributed by atoms with Crippen molar-refractivity contribution in [3.63, 3.8) is 0 Å². The Bertz CT molecular complexity index is 467. The van der Waals surface area contributed by atoms with E-state index in [1.54, 1.807) is 6.92 Å². The number of aryl methyl sites for hydroxylation is 1. The lowest BCUT2D eigenvalue weighted by Gasteiger charge is -2.11. The molecule has 0 amide bonds. The van der Waals surface area contributed by atoms with Gasteiger partial charge >= 0.3 is 5.97 Å². The van der Waals surface area contributed by atoms with E-state index in [4.69, 9.17) is 9.84 Å². The number of hydrogen-bond acceptors (Lipinski definition) is 4. The Morgan fingerprint density at radius 1 is 1.44 bits per heavy atom. The Balaban J connectivity index is 3.48. The molecule has 0 aliphatic carbocycles. The minimum Gasteiger partial charge on any atom is -0.503 e. The first-order valence-electron chi connectivity index (χ1n) is 4.23. The molecule has 1 aromatic carbocycles. The van der Waals surface area contributed by atoms with Gasteiger partial charge < -0.3 is 14.9 Å². The van der Waals surface area contributed by atoms with E-state index in [1.807, 2.05) is 0 Å². The van der Waals surface area contributed by atoms with Crippen LogP contribution < -0.4 is 4.74 Å². The van der Waals surface area contributed by atoms with Crippen molar-refractivity contribution >= 4 is 27.7 Å². The van der Waals surface area contributed by atoms with Gasteiger partial charge in [0.15, 0.2) is 11.5 Å². The van der Waals surface area contributed by atoms with Gasteiger partial charge in [0.2, 0.25) is 0 Å². The van der Waals surface area contributed by atoms with E-state index >= 15 is 0 Å². The predicted octanol–water partition coefficient (Wildman–Crippen LogP) is 1.74. The minimum atomic E-state index is -1.58. The second-order valence-electron chi connectivity index (χ2n) is 3.07. The monoisotopic (exact) mass is 288 g/mol. The highest BCUT2D eigenvalue weighted by molar-refractivity contribution is 9.10. The van der Waals surface area contributed by atoms with E-state index in [1.165, 1.54) is 13.2 Å². The number of carbonyl (C=O) groups excluding carboxylic acids is 1. The van der Waals surface area contributed by atoms with Crippen LogP contribution >= 0.6 is 15.9 Å². The summed E-state index contributed by atoms with van der Waals surface area (Å²) in [6.45, 7) is 1.56. The second kappa shape index (κ2) is 4.52. The number of methoxy groups -OCH3 is 1. The summed E-state index contributed by atoms with van der Waals surface area (Å²) in [7, 11) is 1.36. The normalized spacial score (nSPS) is 9.94. The smallest absolute Gasteiger partial charge is 0.377 e. The Morgan fingerprint density at radius 2 is 2.00 bits per heavy atom. The van der Waals surface area contributed by atoms with Gasteiger partial charge in [0, 0.05) is 0 Å². The van der Waals surface area contributed by atoms with Crippen molar-refractivity contribution in [1.29, 1.82) is 0 Å². The predicted molar refractivity (Wildman–Crippen MR) is 59.1 cm³/mol. The molecule has 0 fully saturated rings. The van der Waals surface area contributed by atoms with Crippen LogP contribution in [0.3, 0.4) is 0 Å². The summed E-state index contributed by atoms with van der Waals surface area (Å²) in [5.74, 6) is -2.78. The van der Waals surface area contributed by atoms with E-state index in [-0.39, 0.29) is 21.5 Å². The van der Waals surface area contributed by atoms with Gasteiger partial charge in [-0.3, -0.25) is 4.79 Å². The number of carboxylic acid groups (broad SMARTS) is 1. The molecule has 1 aromatic rings. The zero-order valence-electron chi connectivity index (χ0n) is 8.57. The molecule has 0 radical (unpaired) electrons. The molecular formula is C10H9BrO5. The van der Waals surface area contributed by atoms with Crippen LogP contribution in [0.2, 0.25) is 0 Å². The van der Waals surface area contributed by atoms with E-state index in [9.17, 15) is 14.7 Å². The fourth-order valence-electron chi connectivity index (χ4n) is 1.28. The molecule has 16 heavy (non-hydrogen) atoms. The SMILES string of the molecule is COc1cc(C)c(C(=O)C(=O)O)c(Br)c1O. The molecule has 5 nitrogen and oxygen atoms in total. The maximum absolute atomic E-state index is 11.4. The molecular weight excluding hydrogens is 280 g/mol. The molecule has 0 bridgehead atoms. The molecule has 86 valence electrons. The number of benzene rings is 1. The van der Waals surface area contributed by atoms with Crippen molar-refractivity contribution in [3.8, 4) is 11.5 Å². The van der Waals surface area contributed by atoms with E-state index in [0.29, 0.717) is 5.56 Å². The Hall–Kier alpha value is -1.56. The molecule has 0 spiro atoms. The second-order valence-corrected chi connectivity index (χ2v) is 3.86. The number of hydrogen-bond donors (Lipinski definition) is 2. The van der Waals surface area contributed by atoms with E-state index in [0.717, 1.165) is 0 Å². The molecule has 6 heteroatoms. The number of ether oxygens (including phenoxy) is 1. The lowest BCUT2D eigenvalue weighted by atomic mass is 10.0. The fraction of sp³-hybridized carbons (Fsp3) is 0.200. The lowest BCUT2D eigenvalue weighted by molar-refractivity contribution is -0.131. The molecule has 0 saturated carbocycles. The van der Waals surface area contributed by atoms with Gasteiger partial charge in [0.05, 0.1) is 17.1 Å². The van der Waals surface area contributed by atoms with Gasteiger partial charge in [-0.25, -0.2) is 4.79 Å². The molecule has 0 saturated heterocycles. The highest BCUT2D eigenvalue weighted by Crippen LogP contribution is 2.38. The number of phenolic OH excluding ortho intramolecular Hbond substituents is 1. The maximum Gasteiger partial charge on any atom is 0.377 e. The molecule has 0 aliphatic heterocycles. The van der Waals surface area contributed by atoms with E-state index < -0.39 is 11.8 Å². The van der Waals surface area contributed by atoms with Crippen molar-refractivity contribution in [2.45, 2.75) is 6.92 Å². The Morgan fingerprint density at radius 3 is 2.44 bits per heavy atom. The third kappa shape index (κ3) is 2.01. The third-order valence-electron chi connectivity index (χ3n) is 2.04. The summed E-state index contributed by atoms with van der Waals surface area (Å²) in [4.78, 5) is 21.9. The number of phenols is 1. The van der Waals surface area contributed by atoms with Crippen LogP contribution in [0.15, 0.2) is 10.5 Å². The zero-order valence-corrected chi connectivity index (χ0v) is 10.2. The standard InChI is InChI=1S/C10H9BrO5/c1-4-3-5(16-2)8(12)7(11)6(4)9(13)10(14)15/h3,12H,1-2H3,(H,14,15). The van der Waals surface area contributed by atoms with Crippen LogP contribution in [0.4, 0.5) is 0 Å². The molecule has 2 N–H and O–H groups in total. The molecule has 0 heterocycles. The average molecular weight is 289 g/mol. The van der Waals surface area contributed by atoms with Crippen LogP contribution in [0.5, 0.6) is 11.5 Å². The Kier molecular flexibility index (Phi) is 3.54. The van der Waals surface area contributed by atoms with Gasteiger partial charge in [-0.2, -0.15) is 0 Å². The van der Waals surface area contributed by atoms with Crippen LogP contribution in [0.1, 0.15) is 15.9 Å². The van der Waals surface area contributed by atoms with Crippen LogP contribution in [0, 0.1) is 6.92 Å². The minimum absolute atomic E-state index is 0.0248. The average Bonchev–Trinajstić information content (AvgIpc) is 2.23. The molecule has 0 aliphatic rings. The van der Waals surface area contributed by atoms with Crippen LogP contribution in [-0.2, 0) is 4.79 Å². The molecule has 0 atom stereocenters. The van der Waals surface area contributed by atoms with Crippen molar-refractivity contribution in [2.75, 3.05) is 7.11 Å². The van der Waals surface area contributed by atoms with Crippen LogP contribution in [-0.4, -0.2) is 29.1 Å². The zero-order chi connectivity index (χ0) is 12.5. The van der Waals surface area contributed by atoms with Gasteiger partial charge in [0.25, 0.3) is 5.78 Å². The summed E-state index contributed by atoms with van der Waals surface area (Å²) in [5, 5.41) is 18.2. The lowest BCUT2D eigenvalue weighted by Crippen LogP contribution is -2.15. The summed E-state index contributed by atoms with van der Waals surface area (Å²) in [5.41, 5.74) is 0.333. The number of rotatable bonds is 3. The molecule has 1 rings (SSSR count). The van der Waals surface area contributed by atoms with Gasteiger partial charge in [0.1, 0.15) is 0 Å². The number of Topliss-reactive ketones (excluding diaryl/α,β-unsaturated/α-hetero) is 1. The maximum atomic E-state index is 11.4. The number of aromatic hydroxyl groups is 1. The van der Waals surface area contributed by atoms with Crippen molar-refractivity contribution in [2.24, 2.45) is 0 Å². The van der Waals surface area contributed by atoms with Gasteiger partial charge in [-0.15, -0.1) is 0 Å². The third-order valence-corrected chi connectivity index (χ3v) is 2.82. The van der Waals surface area contributed by atoms with Crippen molar-refractivity contribution < 1.29 is 24.5 Å². The van der Waals surface area contributed by atoms with Gasteiger partial charge in [-0.1, -0.05) is 0 Å². The summed E-state index contributed by atoms with van der Waals surface area (Å²) in [6.07, 6.45) is 0. The number of aliphatic carboxylic acids is 1. The summed E-state index contributed by atoms with van der Waals surface area (Å²) in [6, 6.07) is 1.40. The number of ketones is 1. The van der Waals surface area contributed by atoms with Gasteiger partial charge in [-0.05, 0) is 34.5 Å². The first kappa shape index (κ1) is 12.5. The number of halogens is 1. The quantitative estimate of drug-likeness (QED) is 0.654. The number of carbonyl (C=O) groups is 2. The summed E-state index contributed by atoms with van der Waals surface area (Å²) >= 11 is 2.98.